The Morgan fingerprint density at radius 3 is 2.59 bits per heavy atom. The maximum atomic E-state index is 14.7. The molecule has 8 nitrogen and oxygen atoms in total. The fraction of sp³-hybridized carbons (Fsp3) is 0.0870. The van der Waals surface area contributed by atoms with Crippen LogP contribution in [0.1, 0.15) is 21.5 Å². The number of amides is 2. The Labute approximate surface area is 182 Å². The van der Waals surface area contributed by atoms with Gasteiger partial charge in [-0.3, -0.25) is 9.59 Å². The van der Waals surface area contributed by atoms with Crippen LogP contribution >= 0.6 is 0 Å². The van der Waals surface area contributed by atoms with E-state index in [9.17, 15) is 14.0 Å². The lowest BCUT2D eigenvalue weighted by Gasteiger charge is -2.20. The number of benzodiazepines with no additional fused rings is 1. The van der Waals surface area contributed by atoms with E-state index in [1.807, 2.05) is 0 Å². The molecule has 32 heavy (non-hydrogen) atoms. The largest absolute Gasteiger partial charge is 0.322 e. The van der Waals surface area contributed by atoms with E-state index in [4.69, 9.17) is 0 Å². The second kappa shape index (κ2) is 7.69. The minimum Gasteiger partial charge on any atom is -0.322 e. The Hall–Kier alpha value is -4.40. The summed E-state index contributed by atoms with van der Waals surface area (Å²) in [6.07, 6.45) is 1.83. The number of hydrogen-bond acceptors (Lipinski definition) is 5. The van der Waals surface area contributed by atoms with E-state index in [0.29, 0.717) is 11.3 Å². The second-order valence-electron chi connectivity index (χ2n) is 7.27. The zero-order valence-electron chi connectivity index (χ0n) is 16.9. The highest BCUT2D eigenvalue weighted by Gasteiger charge is 2.31. The quantitative estimate of drug-likeness (QED) is 0.543. The number of anilines is 1. The number of benzene rings is 2. The van der Waals surface area contributed by atoms with Crippen molar-refractivity contribution < 1.29 is 14.0 Å². The molecule has 1 aliphatic rings. The summed E-state index contributed by atoms with van der Waals surface area (Å²) in [5.41, 5.74) is 2.69. The molecule has 1 aliphatic heterocycles. The van der Waals surface area contributed by atoms with Gasteiger partial charge in [0.1, 0.15) is 5.82 Å². The molecule has 0 bridgehead atoms. The van der Waals surface area contributed by atoms with E-state index < -0.39 is 23.8 Å². The zero-order valence-corrected chi connectivity index (χ0v) is 16.9. The van der Waals surface area contributed by atoms with Gasteiger partial charge >= 0.3 is 0 Å². The summed E-state index contributed by atoms with van der Waals surface area (Å²) in [6, 6.07) is 16.6. The number of fused-ring (bicyclic) bond motifs is 2. The SMILES string of the molecule is CN1C(=O)C(NC(=O)c2ccc3cnnn3c2)N=C(c2ccccc2F)c2ccccc21. The number of nitrogens with zero attached hydrogens (tertiary/aromatic N) is 5. The second-order valence-corrected chi connectivity index (χ2v) is 7.27. The van der Waals surface area contributed by atoms with Crippen LogP contribution in [0, 0.1) is 5.82 Å². The molecule has 0 aliphatic carbocycles. The predicted octanol–water partition coefficient (Wildman–Crippen LogP) is 2.44. The summed E-state index contributed by atoms with van der Waals surface area (Å²) < 4.78 is 16.1. The Kier molecular flexibility index (Phi) is 4.70. The van der Waals surface area contributed by atoms with Crippen molar-refractivity contribution in [3.8, 4) is 0 Å². The third-order valence-corrected chi connectivity index (χ3v) is 5.30. The van der Waals surface area contributed by atoms with Crippen LogP contribution < -0.4 is 10.2 Å². The molecular weight excluding hydrogens is 411 g/mol. The number of hydrogen-bond donors (Lipinski definition) is 1. The van der Waals surface area contributed by atoms with Gasteiger partial charge in [-0.2, -0.15) is 0 Å². The Bertz CT molecular complexity index is 1400. The maximum absolute atomic E-state index is 14.7. The highest BCUT2D eigenvalue weighted by molar-refractivity contribution is 6.20. The molecule has 0 saturated heterocycles. The maximum Gasteiger partial charge on any atom is 0.272 e. The number of pyridine rings is 1. The number of aliphatic imine (C=N–C) groups is 1. The Morgan fingerprint density at radius 2 is 1.78 bits per heavy atom. The van der Waals surface area contributed by atoms with Crippen molar-refractivity contribution in [1.82, 2.24) is 20.1 Å². The van der Waals surface area contributed by atoms with Crippen LogP contribution in [-0.2, 0) is 4.79 Å². The molecule has 4 aromatic rings. The van der Waals surface area contributed by atoms with Gasteiger partial charge in [0, 0.05) is 24.4 Å². The molecule has 2 aromatic carbocycles. The summed E-state index contributed by atoms with van der Waals surface area (Å²) in [5.74, 6) is -1.43. The minimum absolute atomic E-state index is 0.242. The number of halogens is 1. The number of carbonyl (C=O) groups excluding carboxylic acids is 2. The number of likely N-dealkylation sites (N-methyl/N-ethyl adjacent to an activating group) is 1. The molecule has 0 fully saturated rings. The first-order valence-electron chi connectivity index (χ1n) is 9.83. The topological polar surface area (TPSA) is 92.0 Å². The summed E-state index contributed by atoms with van der Waals surface area (Å²) in [6.45, 7) is 0. The van der Waals surface area contributed by atoms with Crippen molar-refractivity contribution in [2.24, 2.45) is 4.99 Å². The molecule has 2 amide bonds. The number of rotatable bonds is 3. The van der Waals surface area contributed by atoms with Crippen molar-refractivity contribution in [2.45, 2.75) is 6.17 Å². The van der Waals surface area contributed by atoms with Crippen LogP contribution in [0.2, 0.25) is 0 Å². The summed E-state index contributed by atoms with van der Waals surface area (Å²) >= 11 is 0. The van der Waals surface area contributed by atoms with Crippen molar-refractivity contribution in [3.05, 3.63) is 95.6 Å². The third-order valence-electron chi connectivity index (χ3n) is 5.30. The Morgan fingerprint density at radius 1 is 1.03 bits per heavy atom. The number of aromatic nitrogens is 3. The van der Waals surface area contributed by atoms with Gasteiger partial charge in [-0.05, 0) is 30.3 Å². The van der Waals surface area contributed by atoms with Crippen LogP contribution in [0.5, 0.6) is 0 Å². The highest BCUT2D eigenvalue weighted by atomic mass is 19.1. The van der Waals surface area contributed by atoms with Gasteiger partial charge in [-0.15, -0.1) is 5.10 Å². The zero-order chi connectivity index (χ0) is 22.2. The molecule has 0 saturated carbocycles. The van der Waals surface area contributed by atoms with Crippen LogP contribution in [-0.4, -0.2) is 45.6 Å². The smallest absolute Gasteiger partial charge is 0.272 e. The standard InChI is InChI=1S/C23H17FN6O2/c1-29-19-9-5-3-7-17(19)20(16-6-2-4-8-18(16)24)26-21(23(29)32)27-22(31)14-10-11-15-12-25-28-30(15)13-14/h2-13,21H,1H3,(H,27,31). The van der Waals surface area contributed by atoms with E-state index in [2.05, 4.69) is 20.6 Å². The fourth-order valence-corrected chi connectivity index (χ4v) is 3.65. The first kappa shape index (κ1) is 19.6. The summed E-state index contributed by atoms with van der Waals surface area (Å²) in [4.78, 5) is 32.1. The average Bonchev–Trinajstić information content (AvgIpc) is 3.26. The van der Waals surface area contributed by atoms with Gasteiger partial charge in [-0.25, -0.2) is 13.9 Å². The molecule has 1 atom stereocenters. The molecule has 1 unspecified atom stereocenters. The van der Waals surface area contributed by atoms with Gasteiger partial charge in [0.25, 0.3) is 11.8 Å². The van der Waals surface area contributed by atoms with E-state index in [1.165, 1.54) is 21.7 Å². The first-order chi connectivity index (χ1) is 15.5. The predicted molar refractivity (Wildman–Crippen MR) is 116 cm³/mol. The lowest BCUT2D eigenvalue weighted by Crippen LogP contribution is -2.46. The highest BCUT2D eigenvalue weighted by Crippen LogP contribution is 2.28. The minimum atomic E-state index is -1.25. The van der Waals surface area contributed by atoms with Gasteiger partial charge in [0.05, 0.1) is 28.7 Å². The van der Waals surface area contributed by atoms with E-state index in [1.54, 1.807) is 67.8 Å². The van der Waals surface area contributed by atoms with Crippen LogP contribution in [0.4, 0.5) is 10.1 Å². The third kappa shape index (κ3) is 3.29. The van der Waals surface area contributed by atoms with Gasteiger partial charge < -0.3 is 10.2 Å². The lowest BCUT2D eigenvalue weighted by atomic mass is 10.00. The monoisotopic (exact) mass is 428 g/mol. The fourth-order valence-electron chi connectivity index (χ4n) is 3.65. The lowest BCUT2D eigenvalue weighted by molar-refractivity contribution is -0.119. The van der Waals surface area contributed by atoms with Crippen molar-refractivity contribution in [1.29, 1.82) is 0 Å². The molecule has 0 spiro atoms. The van der Waals surface area contributed by atoms with E-state index in [0.717, 1.165) is 5.52 Å². The molecule has 2 aromatic heterocycles. The molecule has 3 heterocycles. The van der Waals surface area contributed by atoms with Gasteiger partial charge in [0.2, 0.25) is 6.17 Å². The van der Waals surface area contributed by atoms with Gasteiger partial charge in [0.15, 0.2) is 0 Å². The number of carbonyl (C=O) groups is 2. The Balaban J connectivity index is 1.58. The van der Waals surface area contributed by atoms with Crippen LogP contribution in [0.15, 0.2) is 78.0 Å². The van der Waals surface area contributed by atoms with E-state index >= 15 is 0 Å². The molecule has 9 heteroatoms. The number of para-hydroxylation sites is 1. The summed E-state index contributed by atoms with van der Waals surface area (Å²) in [7, 11) is 1.60. The van der Waals surface area contributed by atoms with E-state index in [-0.39, 0.29) is 16.8 Å². The first-order valence-corrected chi connectivity index (χ1v) is 9.83. The van der Waals surface area contributed by atoms with Gasteiger partial charge in [-0.1, -0.05) is 35.5 Å². The van der Waals surface area contributed by atoms with Crippen molar-refractivity contribution in [2.75, 3.05) is 11.9 Å². The van der Waals surface area contributed by atoms with Crippen molar-refractivity contribution in [3.63, 3.8) is 0 Å². The molecule has 0 radical (unpaired) electrons. The molecule has 5 rings (SSSR count). The molecule has 158 valence electrons. The molecular formula is C23H17FN6O2. The van der Waals surface area contributed by atoms with Crippen LogP contribution in [0.25, 0.3) is 5.52 Å². The van der Waals surface area contributed by atoms with Crippen molar-refractivity contribution >= 4 is 28.7 Å². The van der Waals surface area contributed by atoms with Crippen LogP contribution in [0.3, 0.4) is 0 Å². The number of nitrogens with one attached hydrogen (secondary N) is 1. The molecule has 1 N–H and O–H groups in total. The normalized spacial score (nSPS) is 15.8. The average molecular weight is 428 g/mol. The summed E-state index contributed by atoms with van der Waals surface area (Å²) in [5, 5.41) is 10.3.